The second-order valence-corrected chi connectivity index (χ2v) is 8.73. The number of para-hydroxylation sites is 1. The predicted molar refractivity (Wildman–Crippen MR) is 122 cm³/mol. The fraction of sp³-hybridized carbons (Fsp3) is 0.185. The third-order valence-corrected chi connectivity index (χ3v) is 6.96. The lowest BCUT2D eigenvalue weighted by Crippen LogP contribution is -2.58. The molecule has 0 saturated heterocycles. The van der Waals surface area contributed by atoms with Gasteiger partial charge >= 0.3 is 0 Å². The van der Waals surface area contributed by atoms with Gasteiger partial charge in [0.1, 0.15) is 5.75 Å². The van der Waals surface area contributed by atoms with Gasteiger partial charge in [-0.3, -0.25) is 0 Å². The molecule has 0 aromatic heterocycles. The van der Waals surface area contributed by atoms with Gasteiger partial charge in [0.2, 0.25) is 5.72 Å². The van der Waals surface area contributed by atoms with E-state index in [2.05, 4.69) is 111 Å². The second kappa shape index (κ2) is 5.42. The first-order chi connectivity index (χ1) is 14.0. The number of hydrogen-bond acceptors (Lipinski definition) is 2. The molecule has 4 aromatic rings. The molecule has 0 saturated carbocycles. The summed E-state index contributed by atoms with van der Waals surface area (Å²) in [4.78, 5) is 2.28. The molecule has 2 nitrogen and oxygen atoms in total. The molecule has 2 aliphatic heterocycles. The first-order valence-corrected chi connectivity index (χ1v) is 10.2. The van der Waals surface area contributed by atoms with Gasteiger partial charge in [-0.25, -0.2) is 0 Å². The van der Waals surface area contributed by atoms with Crippen LogP contribution in [-0.4, -0.2) is 12.8 Å². The average molecular weight is 377 g/mol. The molecule has 2 heteroatoms. The molecule has 1 atom stereocenters. The summed E-state index contributed by atoms with van der Waals surface area (Å²) in [6, 6.07) is 26.0. The largest absolute Gasteiger partial charge is 0.463 e. The Kier molecular flexibility index (Phi) is 3.11. The Labute approximate surface area is 171 Å². The van der Waals surface area contributed by atoms with Crippen molar-refractivity contribution in [2.75, 3.05) is 11.9 Å². The van der Waals surface area contributed by atoms with Crippen molar-refractivity contribution < 1.29 is 4.74 Å². The van der Waals surface area contributed by atoms with Gasteiger partial charge in [0.15, 0.2) is 0 Å². The minimum atomic E-state index is -0.534. The third-order valence-electron chi connectivity index (χ3n) is 6.96. The summed E-state index contributed by atoms with van der Waals surface area (Å²) >= 11 is 0. The van der Waals surface area contributed by atoms with Crippen molar-refractivity contribution >= 4 is 33.3 Å². The first-order valence-electron chi connectivity index (χ1n) is 10.2. The van der Waals surface area contributed by atoms with Crippen LogP contribution < -0.4 is 9.64 Å². The zero-order valence-electron chi connectivity index (χ0n) is 16.9. The lowest BCUT2D eigenvalue weighted by atomic mass is 9.76. The van der Waals surface area contributed by atoms with Gasteiger partial charge in [-0.15, -0.1) is 0 Å². The van der Waals surface area contributed by atoms with Crippen molar-refractivity contribution in [1.29, 1.82) is 0 Å². The van der Waals surface area contributed by atoms with Crippen molar-refractivity contribution in [3.05, 3.63) is 90.0 Å². The summed E-state index contributed by atoms with van der Waals surface area (Å²) in [5.41, 5.74) is 3.01. The van der Waals surface area contributed by atoms with Gasteiger partial charge in [0.25, 0.3) is 0 Å². The molecule has 0 N–H and O–H groups in total. The molecule has 0 aliphatic carbocycles. The van der Waals surface area contributed by atoms with Gasteiger partial charge in [-0.1, -0.05) is 48.5 Å². The van der Waals surface area contributed by atoms with E-state index in [9.17, 15) is 0 Å². The van der Waals surface area contributed by atoms with Gasteiger partial charge < -0.3 is 9.64 Å². The van der Waals surface area contributed by atoms with Crippen LogP contribution in [0.3, 0.4) is 0 Å². The monoisotopic (exact) mass is 377 g/mol. The minimum Gasteiger partial charge on any atom is -0.463 e. The normalized spacial score (nSPS) is 21.4. The topological polar surface area (TPSA) is 12.5 Å². The highest BCUT2D eigenvalue weighted by molar-refractivity contribution is 6.03. The Bertz CT molecular complexity index is 1330. The Morgan fingerprint density at radius 2 is 1.52 bits per heavy atom. The third kappa shape index (κ3) is 2.01. The molecule has 29 heavy (non-hydrogen) atoms. The van der Waals surface area contributed by atoms with E-state index in [1.165, 1.54) is 38.4 Å². The highest BCUT2D eigenvalue weighted by atomic mass is 16.5. The van der Waals surface area contributed by atoms with E-state index in [1.807, 2.05) is 0 Å². The van der Waals surface area contributed by atoms with Crippen LogP contribution >= 0.6 is 0 Å². The second-order valence-electron chi connectivity index (χ2n) is 8.73. The Hall–Kier alpha value is -3.26. The van der Waals surface area contributed by atoms with E-state index in [-0.39, 0.29) is 5.41 Å². The standard InChI is InChI=1S/C27H23NO/c1-26(2)23-10-6-7-11-24(23)28(3)27(26)15-14-21-22-17-19-9-5-4-8-18(19)16-20(22)12-13-25(21)29-27/h4-17H,1-3H3. The number of benzene rings is 4. The molecular weight excluding hydrogens is 354 g/mol. The Morgan fingerprint density at radius 3 is 2.31 bits per heavy atom. The molecular formula is C27H23NO. The molecule has 0 radical (unpaired) electrons. The maximum atomic E-state index is 6.85. The Balaban J connectivity index is 1.56. The predicted octanol–water partition coefficient (Wildman–Crippen LogP) is 6.52. The first kappa shape index (κ1) is 16.7. The fourth-order valence-electron chi connectivity index (χ4n) is 5.28. The van der Waals surface area contributed by atoms with Crippen LogP contribution in [0.15, 0.2) is 78.9 Å². The SMILES string of the molecule is CN1c2ccccc2C(C)(C)C12C=Cc1c(ccc3cc4ccccc4cc13)O2. The summed E-state index contributed by atoms with van der Waals surface area (Å²) in [7, 11) is 2.14. The number of rotatable bonds is 0. The van der Waals surface area contributed by atoms with E-state index in [0.29, 0.717) is 0 Å². The highest BCUT2D eigenvalue weighted by Gasteiger charge is 2.57. The lowest BCUT2D eigenvalue weighted by Gasteiger charge is -2.46. The number of ether oxygens (including phenoxy) is 1. The molecule has 142 valence electrons. The Morgan fingerprint density at radius 1 is 0.793 bits per heavy atom. The quantitative estimate of drug-likeness (QED) is 0.323. The number of anilines is 1. The average Bonchev–Trinajstić information content (AvgIpc) is 2.91. The van der Waals surface area contributed by atoms with Crippen molar-refractivity contribution in [3.8, 4) is 5.75 Å². The van der Waals surface area contributed by atoms with Crippen LogP contribution in [0.2, 0.25) is 0 Å². The molecule has 1 unspecified atom stereocenters. The number of nitrogens with zero attached hydrogens (tertiary/aromatic N) is 1. The minimum absolute atomic E-state index is 0.176. The van der Waals surface area contributed by atoms with Crippen molar-refractivity contribution in [3.63, 3.8) is 0 Å². The van der Waals surface area contributed by atoms with Gasteiger partial charge in [0, 0.05) is 18.3 Å². The molecule has 2 aliphatic rings. The summed E-state index contributed by atoms with van der Waals surface area (Å²) in [6.45, 7) is 4.55. The van der Waals surface area contributed by atoms with Crippen LogP contribution in [0.5, 0.6) is 5.75 Å². The number of hydrogen-bond donors (Lipinski definition) is 0. The molecule has 6 rings (SSSR count). The summed E-state index contributed by atoms with van der Waals surface area (Å²) in [5, 5.41) is 5.01. The molecule has 0 amide bonds. The highest BCUT2D eigenvalue weighted by Crippen LogP contribution is 2.54. The van der Waals surface area contributed by atoms with Crippen LogP contribution in [0, 0.1) is 0 Å². The van der Waals surface area contributed by atoms with E-state index >= 15 is 0 Å². The lowest BCUT2D eigenvalue weighted by molar-refractivity contribution is 0.0584. The van der Waals surface area contributed by atoms with E-state index < -0.39 is 5.72 Å². The number of fused-ring (bicyclic) bond motifs is 5. The summed E-state index contributed by atoms with van der Waals surface area (Å²) in [5.74, 6) is 0.947. The van der Waals surface area contributed by atoms with Crippen molar-refractivity contribution in [2.24, 2.45) is 0 Å². The molecule has 2 heterocycles. The van der Waals surface area contributed by atoms with Crippen LogP contribution in [-0.2, 0) is 5.41 Å². The zero-order chi connectivity index (χ0) is 19.8. The maximum Gasteiger partial charge on any atom is 0.211 e. The van der Waals surface area contributed by atoms with Crippen molar-refractivity contribution in [1.82, 2.24) is 0 Å². The van der Waals surface area contributed by atoms with Crippen LogP contribution in [0.1, 0.15) is 25.0 Å². The van der Waals surface area contributed by atoms with Crippen molar-refractivity contribution in [2.45, 2.75) is 25.0 Å². The van der Waals surface area contributed by atoms with E-state index in [4.69, 9.17) is 4.74 Å². The van der Waals surface area contributed by atoms with E-state index in [0.717, 1.165) is 5.75 Å². The molecule has 0 fully saturated rings. The molecule has 4 aromatic carbocycles. The summed E-state index contributed by atoms with van der Waals surface area (Å²) < 4.78 is 6.85. The zero-order valence-corrected chi connectivity index (χ0v) is 16.9. The summed E-state index contributed by atoms with van der Waals surface area (Å²) in [6.07, 6.45) is 4.52. The maximum absolute atomic E-state index is 6.85. The van der Waals surface area contributed by atoms with Gasteiger partial charge in [-0.2, -0.15) is 0 Å². The smallest absolute Gasteiger partial charge is 0.211 e. The fourth-order valence-corrected chi connectivity index (χ4v) is 5.28. The number of likely N-dealkylation sites (N-methyl/N-ethyl adjacent to an activating group) is 1. The van der Waals surface area contributed by atoms with Gasteiger partial charge in [0.05, 0.1) is 5.41 Å². The molecule has 0 bridgehead atoms. The van der Waals surface area contributed by atoms with Crippen LogP contribution in [0.4, 0.5) is 5.69 Å². The van der Waals surface area contributed by atoms with Crippen LogP contribution in [0.25, 0.3) is 27.6 Å². The molecule has 1 spiro atoms. The van der Waals surface area contributed by atoms with E-state index in [1.54, 1.807) is 0 Å². The van der Waals surface area contributed by atoms with Gasteiger partial charge in [-0.05, 0) is 77.4 Å².